The van der Waals surface area contributed by atoms with Crippen molar-refractivity contribution in [3.8, 4) is 0 Å². The molecule has 0 spiro atoms. The van der Waals surface area contributed by atoms with Gasteiger partial charge in [-0.05, 0) is 36.8 Å². The van der Waals surface area contributed by atoms with E-state index in [9.17, 15) is 18.4 Å². The van der Waals surface area contributed by atoms with Gasteiger partial charge < -0.3 is 10.6 Å². The summed E-state index contributed by atoms with van der Waals surface area (Å²) in [6.45, 7) is 1.47. The highest BCUT2D eigenvalue weighted by Gasteiger charge is 2.11. The van der Waals surface area contributed by atoms with Crippen LogP contribution in [-0.4, -0.2) is 23.3 Å². The van der Waals surface area contributed by atoms with Crippen LogP contribution in [0.15, 0.2) is 36.5 Å². The van der Waals surface area contributed by atoms with Crippen LogP contribution in [-0.2, 0) is 4.79 Å². The van der Waals surface area contributed by atoms with Crippen LogP contribution in [0.5, 0.6) is 0 Å². The van der Waals surface area contributed by atoms with Crippen molar-refractivity contribution in [1.29, 1.82) is 0 Å². The van der Waals surface area contributed by atoms with Crippen molar-refractivity contribution in [2.24, 2.45) is 0 Å². The Hall–Kier alpha value is -2.83. The molecule has 0 saturated heterocycles. The lowest BCUT2D eigenvalue weighted by atomic mass is 10.2. The van der Waals surface area contributed by atoms with E-state index >= 15 is 0 Å². The lowest BCUT2D eigenvalue weighted by Gasteiger charge is -2.08. The zero-order valence-electron chi connectivity index (χ0n) is 11.7. The van der Waals surface area contributed by atoms with E-state index in [0.29, 0.717) is 5.82 Å². The van der Waals surface area contributed by atoms with Gasteiger partial charge >= 0.3 is 0 Å². The zero-order valence-corrected chi connectivity index (χ0v) is 11.7. The van der Waals surface area contributed by atoms with E-state index in [-0.39, 0.29) is 12.1 Å². The van der Waals surface area contributed by atoms with Gasteiger partial charge in [0.15, 0.2) is 11.6 Å². The molecule has 1 aromatic carbocycles. The maximum absolute atomic E-state index is 13.0. The van der Waals surface area contributed by atoms with Crippen molar-refractivity contribution < 1.29 is 18.4 Å². The number of anilines is 1. The minimum absolute atomic E-state index is 0.0688. The predicted octanol–water partition coefficient (Wildman–Crippen LogP) is 2.04. The number of benzene rings is 1. The largest absolute Gasteiger partial charge is 0.343 e. The molecule has 0 radical (unpaired) electrons. The molecule has 2 N–H and O–H groups in total. The molecule has 0 atom stereocenters. The number of halogens is 2. The molecule has 1 aromatic heterocycles. The molecule has 0 aliphatic heterocycles. The summed E-state index contributed by atoms with van der Waals surface area (Å²) in [6, 6.07) is 6.26. The number of rotatable bonds is 4. The Morgan fingerprint density at radius 2 is 1.95 bits per heavy atom. The smallest absolute Gasteiger partial charge is 0.251 e. The summed E-state index contributed by atoms with van der Waals surface area (Å²) in [6.07, 6.45) is 1.53. The first-order valence-electron chi connectivity index (χ1n) is 6.42. The van der Waals surface area contributed by atoms with E-state index in [0.717, 1.165) is 23.8 Å². The van der Waals surface area contributed by atoms with Gasteiger partial charge in [0.25, 0.3) is 5.91 Å². The van der Waals surface area contributed by atoms with Crippen LogP contribution in [0.4, 0.5) is 14.6 Å². The van der Waals surface area contributed by atoms with E-state index in [1.54, 1.807) is 19.1 Å². The molecule has 5 nitrogen and oxygen atoms in total. The summed E-state index contributed by atoms with van der Waals surface area (Å²) >= 11 is 0. The van der Waals surface area contributed by atoms with E-state index in [1.807, 2.05) is 0 Å². The van der Waals surface area contributed by atoms with Crippen molar-refractivity contribution >= 4 is 17.6 Å². The van der Waals surface area contributed by atoms with Gasteiger partial charge in [-0.25, -0.2) is 13.8 Å². The Morgan fingerprint density at radius 3 is 2.64 bits per heavy atom. The fourth-order valence-corrected chi connectivity index (χ4v) is 1.69. The summed E-state index contributed by atoms with van der Waals surface area (Å²) in [7, 11) is 0. The van der Waals surface area contributed by atoms with Crippen molar-refractivity contribution in [3.63, 3.8) is 0 Å². The van der Waals surface area contributed by atoms with Gasteiger partial charge in [-0.1, -0.05) is 6.07 Å². The normalized spacial score (nSPS) is 10.1. The number of hydrogen-bond donors (Lipinski definition) is 2. The highest BCUT2D eigenvalue weighted by molar-refractivity contribution is 5.99. The van der Waals surface area contributed by atoms with Gasteiger partial charge in [-0.3, -0.25) is 9.59 Å². The third-order valence-corrected chi connectivity index (χ3v) is 2.86. The molecule has 7 heteroatoms. The van der Waals surface area contributed by atoms with Crippen LogP contribution >= 0.6 is 0 Å². The molecule has 0 aliphatic rings. The van der Waals surface area contributed by atoms with Crippen LogP contribution in [0.2, 0.25) is 0 Å². The average Bonchev–Trinajstić information content (AvgIpc) is 2.50. The Balaban J connectivity index is 1.92. The highest BCUT2D eigenvalue weighted by atomic mass is 19.2. The number of nitrogens with zero attached hydrogens (tertiary/aromatic N) is 1. The van der Waals surface area contributed by atoms with E-state index in [2.05, 4.69) is 15.6 Å². The monoisotopic (exact) mass is 305 g/mol. The van der Waals surface area contributed by atoms with Gasteiger partial charge in [-0.15, -0.1) is 0 Å². The summed E-state index contributed by atoms with van der Waals surface area (Å²) < 4.78 is 25.8. The van der Waals surface area contributed by atoms with Crippen LogP contribution in [0.3, 0.4) is 0 Å². The Kier molecular flexibility index (Phi) is 4.77. The second kappa shape index (κ2) is 6.75. The molecule has 0 bridgehead atoms. The molecule has 1 heterocycles. The SMILES string of the molecule is Cc1cccnc1NC(=O)CNC(=O)c1ccc(F)c(F)c1. The Morgan fingerprint density at radius 1 is 1.18 bits per heavy atom. The second-order valence-corrected chi connectivity index (χ2v) is 4.53. The fourth-order valence-electron chi connectivity index (χ4n) is 1.69. The van der Waals surface area contributed by atoms with Crippen molar-refractivity contribution in [2.45, 2.75) is 6.92 Å². The Bertz CT molecular complexity index is 720. The van der Waals surface area contributed by atoms with Crippen molar-refractivity contribution in [3.05, 3.63) is 59.3 Å². The molecule has 2 rings (SSSR count). The molecule has 2 aromatic rings. The van der Waals surface area contributed by atoms with Crippen LogP contribution in [0.25, 0.3) is 0 Å². The number of pyridine rings is 1. The first-order valence-corrected chi connectivity index (χ1v) is 6.42. The number of carbonyl (C=O) groups is 2. The van der Waals surface area contributed by atoms with Gasteiger partial charge in [0.05, 0.1) is 6.54 Å². The van der Waals surface area contributed by atoms with Crippen LogP contribution < -0.4 is 10.6 Å². The molecule has 114 valence electrons. The number of aromatic nitrogens is 1. The lowest BCUT2D eigenvalue weighted by molar-refractivity contribution is -0.115. The van der Waals surface area contributed by atoms with Crippen molar-refractivity contribution in [2.75, 3.05) is 11.9 Å². The quantitative estimate of drug-likeness (QED) is 0.908. The molecule has 0 unspecified atom stereocenters. The molecule has 0 fully saturated rings. The van der Waals surface area contributed by atoms with Gasteiger partial charge in [0, 0.05) is 11.8 Å². The third kappa shape index (κ3) is 3.85. The van der Waals surface area contributed by atoms with Crippen molar-refractivity contribution in [1.82, 2.24) is 10.3 Å². The van der Waals surface area contributed by atoms with E-state index < -0.39 is 23.4 Å². The topological polar surface area (TPSA) is 71.1 Å². The minimum atomic E-state index is -1.12. The van der Waals surface area contributed by atoms with Gasteiger partial charge in [0.2, 0.25) is 5.91 Å². The summed E-state index contributed by atoms with van der Waals surface area (Å²) in [4.78, 5) is 27.4. The molecular weight excluding hydrogens is 292 g/mol. The van der Waals surface area contributed by atoms with Gasteiger partial charge in [-0.2, -0.15) is 0 Å². The number of nitrogens with one attached hydrogen (secondary N) is 2. The van der Waals surface area contributed by atoms with E-state index in [1.165, 1.54) is 6.20 Å². The van der Waals surface area contributed by atoms with E-state index in [4.69, 9.17) is 0 Å². The Labute approximate surface area is 125 Å². The molecule has 0 aliphatic carbocycles. The molecule has 2 amide bonds. The second-order valence-electron chi connectivity index (χ2n) is 4.53. The lowest BCUT2D eigenvalue weighted by Crippen LogP contribution is -2.33. The van der Waals surface area contributed by atoms with Gasteiger partial charge in [0.1, 0.15) is 5.82 Å². The summed E-state index contributed by atoms with van der Waals surface area (Å²) in [5.74, 6) is -2.92. The third-order valence-electron chi connectivity index (χ3n) is 2.86. The minimum Gasteiger partial charge on any atom is -0.343 e. The standard InChI is InChI=1S/C15H13F2N3O2/c1-9-3-2-6-18-14(9)20-13(21)8-19-15(22)10-4-5-11(16)12(17)7-10/h2-7H,8H2,1H3,(H,19,22)(H,18,20,21). The maximum Gasteiger partial charge on any atom is 0.251 e. The molecular formula is C15H13F2N3O2. The number of amides is 2. The van der Waals surface area contributed by atoms with Crippen LogP contribution in [0.1, 0.15) is 15.9 Å². The first kappa shape index (κ1) is 15.6. The fraction of sp³-hybridized carbons (Fsp3) is 0.133. The number of aryl methyl sites for hydroxylation is 1. The first-order chi connectivity index (χ1) is 10.5. The highest BCUT2D eigenvalue weighted by Crippen LogP contribution is 2.09. The predicted molar refractivity (Wildman–Crippen MR) is 76.3 cm³/mol. The number of carbonyl (C=O) groups excluding carboxylic acids is 2. The maximum atomic E-state index is 13.0. The number of hydrogen-bond acceptors (Lipinski definition) is 3. The molecule has 0 saturated carbocycles. The molecule has 22 heavy (non-hydrogen) atoms. The zero-order chi connectivity index (χ0) is 16.1. The van der Waals surface area contributed by atoms with Crippen LogP contribution in [0, 0.1) is 18.6 Å². The average molecular weight is 305 g/mol. The summed E-state index contributed by atoms with van der Waals surface area (Å²) in [5.41, 5.74) is 0.712. The summed E-state index contributed by atoms with van der Waals surface area (Å²) in [5, 5.41) is 4.86.